The lowest BCUT2D eigenvalue weighted by Crippen LogP contribution is -2.52. The molecule has 1 atom stereocenters. The molecule has 0 aliphatic heterocycles. The second-order valence-corrected chi connectivity index (χ2v) is 3.99. The monoisotopic (exact) mass is 223 g/mol. The van der Waals surface area contributed by atoms with Crippen LogP contribution >= 0.6 is 0 Å². The molecule has 1 rings (SSSR count). The lowest BCUT2D eigenvalue weighted by atomic mass is 10.1. The number of rotatable bonds is 5. The summed E-state index contributed by atoms with van der Waals surface area (Å²) < 4.78 is 5.46. The molecule has 4 nitrogen and oxygen atoms in total. The van der Waals surface area contributed by atoms with E-state index in [2.05, 4.69) is 5.32 Å². The second kappa shape index (κ2) is 4.99. The molecule has 0 fully saturated rings. The molecule has 0 saturated carbocycles. The van der Waals surface area contributed by atoms with E-state index in [-0.39, 0.29) is 6.61 Å². The van der Waals surface area contributed by atoms with Crippen LogP contribution in [0.15, 0.2) is 24.3 Å². The normalized spacial score (nSPS) is 14.2. The van der Waals surface area contributed by atoms with Gasteiger partial charge >= 0.3 is 5.97 Å². The highest BCUT2D eigenvalue weighted by atomic mass is 16.5. The molecule has 4 heteroatoms. The van der Waals surface area contributed by atoms with Crippen LogP contribution in [0.1, 0.15) is 12.5 Å². The van der Waals surface area contributed by atoms with Crippen molar-refractivity contribution in [1.29, 1.82) is 0 Å². The van der Waals surface area contributed by atoms with Crippen molar-refractivity contribution in [1.82, 2.24) is 5.32 Å². The maximum Gasteiger partial charge on any atom is 0.327 e. The molecule has 1 aromatic carbocycles. The van der Waals surface area contributed by atoms with Crippen molar-refractivity contribution in [2.24, 2.45) is 0 Å². The third kappa shape index (κ3) is 2.97. The first-order valence-electron chi connectivity index (χ1n) is 5.10. The van der Waals surface area contributed by atoms with Gasteiger partial charge in [0.05, 0.1) is 0 Å². The fourth-order valence-corrected chi connectivity index (χ4v) is 1.17. The van der Waals surface area contributed by atoms with E-state index in [1.807, 2.05) is 31.2 Å². The number of benzene rings is 1. The first-order valence-corrected chi connectivity index (χ1v) is 5.10. The predicted molar refractivity (Wildman–Crippen MR) is 61.8 cm³/mol. The molecule has 0 bridgehead atoms. The number of carboxylic acids is 1. The zero-order valence-electron chi connectivity index (χ0n) is 9.78. The summed E-state index contributed by atoms with van der Waals surface area (Å²) in [6.07, 6.45) is 0. The average Bonchev–Trinajstić information content (AvgIpc) is 2.26. The summed E-state index contributed by atoms with van der Waals surface area (Å²) in [4.78, 5) is 11.0. The van der Waals surface area contributed by atoms with E-state index in [0.717, 1.165) is 5.56 Å². The Balaban J connectivity index is 2.66. The van der Waals surface area contributed by atoms with E-state index in [1.54, 1.807) is 14.0 Å². The molecule has 0 amide bonds. The molecule has 0 heterocycles. The Morgan fingerprint density at radius 3 is 2.75 bits per heavy atom. The molecular weight excluding hydrogens is 206 g/mol. The minimum atomic E-state index is -1.07. The van der Waals surface area contributed by atoms with Crippen molar-refractivity contribution in [3.63, 3.8) is 0 Å². The summed E-state index contributed by atoms with van der Waals surface area (Å²) >= 11 is 0. The van der Waals surface area contributed by atoms with Crippen molar-refractivity contribution >= 4 is 5.97 Å². The number of ether oxygens (including phenoxy) is 1. The van der Waals surface area contributed by atoms with Crippen molar-refractivity contribution in [3.8, 4) is 5.75 Å². The van der Waals surface area contributed by atoms with E-state index < -0.39 is 11.5 Å². The summed E-state index contributed by atoms with van der Waals surface area (Å²) in [5.74, 6) is -0.245. The molecule has 0 aromatic heterocycles. The summed E-state index contributed by atoms with van der Waals surface area (Å²) in [6, 6.07) is 7.52. The third-order valence-corrected chi connectivity index (χ3v) is 2.54. The van der Waals surface area contributed by atoms with Crippen molar-refractivity contribution in [2.45, 2.75) is 19.4 Å². The largest absolute Gasteiger partial charge is 0.491 e. The van der Waals surface area contributed by atoms with Crippen LogP contribution in [-0.4, -0.2) is 30.3 Å². The topological polar surface area (TPSA) is 58.6 Å². The molecule has 16 heavy (non-hydrogen) atoms. The lowest BCUT2D eigenvalue weighted by Gasteiger charge is -2.24. The van der Waals surface area contributed by atoms with Gasteiger partial charge < -0.3 is 15.2 Å². The maximum atomic E-state index is 11.0. The highest BCUT2D eigenvalue weighted by Gasteiger charge is 2.32. The quantitative estimate of drug-likeness (QED) is 0.793. The number of nitrogens with one attached hydrogen (secondary N) is 1. The standard InChI is InChI=1S/C12H17NO3/c1-9-5-4-6-10(7-9)16-8-12(2,13-3)11(14)15/h4-7,13H,8H2,1-3H3,(H,14,15). The van der Waals surface area contributed by atoms with Crippen LogP contribution < -0.4 is 10.1 Å². The lowest BCUT2D eigenvalue weighted by molar-refractivity contribution is -0.145. The van der Waals surface area contributed by atoms with Crippen LogP contribution in [0.2, 0.25) is 0 Å². The Bertz CT molecular complexity index is 378. The van der Waals surface area contributed by atoms with Crippen molar-refractivity contribution < 1.29 is 14.6 Å². The highest BCUT2D eigenvalue weighted by molar-refractivity contribution is 5.78. The number of likely N-dealkylation sites (N-methyl/N-ethyl adjacent to an activating group) is 1. The van der Waals surface area contributed by atoms with Gasteiger partial charge in [-0.15, -0.1) is 0 Å². The number of aliphatic carboxylic acids is 1. The van der Waals surface area contributed by atoms with Gasteiger partial charge in [0.15, 0.2) is 0 Å². The molecule has 0 radical (unpaired) electrons. The van der Waals surface area contributed by atoms with E-state index in [0.29, 0.717) is 5.75 Å². The fraction of sp³-hybridized carbons (Fsp3) is 0.417. The summed E-state index contributed by atoms with van der Waals surface area (Å²) in [6.45, 7) is 3.63. The van der Waals surface area contributed by atoms with Gasteiger partial charge in [0, 0.05) is 0 Å². The molecule has 0 saturated heterocycles. The first kappa shape index (κ1) is 12.5. The second-order valence-electron chi connectivity index (χ2n) is 3.99. The predicted octanol–water partition coefficient (Wildman–Crippen LogP) is 1.44. The molecule has 2 N–H and O–H groups in total. The van der Waals surface area contributed by atoms with E-state index in [9.17, 15) is 4.79 Å². The Morgan fingerprint density at radius 1 is 1.56 bits per heavy atom. The average molecular weight is 223 g/mol. The molecule has 0 aliphatic carbocycles. The van der Waals surface area contributed by atoms with Gasteiger partial charge in [-0.1, -0.05) is 12.1 Å². The van der Waals surface area contributed by atoms with Crippen LogP contribution in [0.3, 0.4) is 0 Å². The smallest absolute Gasteiger partial charge is 0.327 e. The van der Waals surface area contributed by atoms with Gasteiger partial charge in [-0.25, -0.2) is 0 Å². The number of hydrogen-bond acceptors (Lipinski definition) is 3. The minimum absolute atomic E-state index is 0.0856. The Hall–Kier alpha value is -1.55. The van der Waals surface area contributed by atoms with Gasteiger partial charge in [0.2, 0.25) is 0 Å². The molecule has 1 unspecified atom stereocenters. The van der Waals surface area contributed by atoms with Crippen molar-refractivity contribution in [3.05, 3.63) is 29.8 Å². The molecule has 1 aromatic rings. The minimum Gasteiger partial charge on any atom is -0.491 e. The Morgan fingerprint density at radius 2 is 2.25 bits per heavy atom. The molecule has 0 aliphatic rings. The van der Waals surface area contributed by atoms with Crippen LogP contribution in [0.4, 0.5) is 0 Å². The van der Waals surface area contributed by atoms with Gasteiger partial charge in [-0.3, -0.25) is 4.79 Å². The summed E-state index contributed by atoms with van der Waals surface area (Å²) in [5, 5.41) is 11.8. The van der Waals surface area contributed by atoms with Crippen LogP contribution in [0, 0.1) is 6.92 Å². The number of carbonyl (C=O) groups is 1. The number of hydrogen-bond donors (Lipinski definition) is 2. The van der Waals surface area contributed by atoms with Gasteiger partial charge in [-0.05, 0) is 38.6 Å². The summed E-state index contributed by atoms with van der Waals surface area (Å²) in [7, 11) is 1.60. The zero-order chi connectivity index (χ0) is 12.2. The van der Waals surface area contributed by atoms with Crippen molar-refractivity contribution in [2.75, 3.05) is 13.7 Å². The molecular formula is C12H17NO3. The fourth-order valence-electron chi connectivity index (χ4n) is 1.17. The maximum absolute atomic E-state index is 11.0. The number of aryl methyl sites for hydroxylation is 1. The van der Waals surface area contributed by atoms with Crippen LogP contribution in [0.25, 0.3) is 0 Å². The van der Waals surface area contributed by atoms with Gasteiger partial charge in [0.1, 0.15) is 17.9 Å². The Labute approximate surface area is 95.2 Å². The first-order chi connectivity index (χ1) is 7.48. The Kier molecular flexibility index (Phi) is 3.90. The number of carboxylic acid groups (broad SMARTS) is 1. The zero-order valence-corrected chi connectivity index (χ0v) is 9.78. The third-order valence-electron chi connectivity index (χ3n) is 2.54. The SMILES string of the molecule is CNC(C)(COc1cccc(C)c1)C(=O)O. The molecule has 0 spiro atoms. The highest BCUT2D eigenvalue weighted by Crippen LogP contribution is 2.14. The van der Waals surface area contributed by atoms with E-state index >= 15 is 0 Å². The summed E-state index contributed by atoms with van der Waals surface area (Å²) in [5.41, 5.74) is 0.0167. The van der Waals surface area contributed by atoms with Gasteiger partial charge in [0.25, 0.3) is 0 Å². The van der Waals surface area contributed by atoms with E-state index in [1.165, 1.54) is 0 Å². The van der Waals surface area contributed by atoms with Crippen LogP contribution in [0.5, 0.6) is 5.75 Å². The van der Waals surface area contributed by atoms with Gasteiger partial charge in [-0.2, -0.15) is 0 Å². The van der Waals surface area contributed by atoms with E-state index in [4.69, 9.17) is 9.84 Å². The molecule has 88 valence electrons. The van der Waals surface area contributed by atoms with Crippen LogP contribution in [-0.2, 0) is 4.79 Å².